The Morgan fingerprint density at radius 2 is 1.87 bits per heavy atom. The summed E-state index contributed by atoms with van der Waals surface area (Å²) in [5.41, 5.74) is 0.552. The van der Waals surface area contributed by atoms with Crippen LogP contribution in [0.1, 0.15) is 51.9 Å². The highest BCUT2D eigenvalue weighted by atomic mass is 32.2. The summed E-state index contributed by atoms with van der Waals surface area (Å²) in [6.45, 7) is 10.9. The van der Waals surface area contributed by atoms with Crippen molar-refractivity contribution in [2.75, 3.05) is 5.84 Å². The second-order valence-corrected chi connectivity index (χ2v) is 9.54. The smallest absolute Gasteiger partial charge is 0.408 e. The van der Waals surface area contributed by atoms with E-state index in [1.807, 2.05) is 31.2 Å². The standard InChI is InChI=1S/C20H27N7O3S/c1-12-7-9-13(10-8-12)15-24-25-17(27(15)21)31-11-14-22-16(26-30-14)20(5,6)23-18(28)29-19(2,3)4/h7-10H,11,21H2,1-6H3,(H,23,28). The lowest BCUT2D eigenvalue weighted by Gasteiger charge is -2.26. The molecule has 0 aliphatic rings. The number of thioether (sulfide) groups is 1. The number of aromatic nitrogens is 5. The van der Waals surface area contributed by atoms with Gasteiger partial charge in [-0.3, -0.25) is 0 Å². The Morgan fingerprint density at radius 3 is 2.52 bits per heavy atom. The zero-order valence-electron chi connectivity index (χ0n) is 18.5. The van der Waals surface area contributed by atoms with Crippen LogP contribution in [0, 0.1) is 6.92 Å². The molecule has 2 heterocycles. The third-order valence-electron chi connectivity index (χ3n) is 4.14. The number of nitrogens with one attached hydrogen (secondary N) is 1. The number of hydrogen-bond acceptors (Lipinski definition) is 9. The molecule has 1 amide bonds. The highest BCUT2D eigenvalue weighted by Gasteiger charge is 2.31. The quantitative estimate of drug-likeness (QED) is 0.432. The van der Waals surface area contributed by atoms with Crippen LogP contribution in [0.2, 0.25) is 0 Å². The van der Waals surface area contributed by atoms with Crippen molar-refractivity contribution in [1.29, 1.82) is 0 Å². The van der Waals surface area contributed by atoms with Gasteiger partial charge >= 0.3 is 6.09 Å². The molecule has 166 valence electrons. The number of carbonyl (C=O) groups is 1. The maximum absolute atomic E-state index is 12.1. The average molecular weight is 446 g/mol. The number of amides is 1. The van der Waals surface area contributed by atoms with Gasteiger partial charge in [-0.25, -0.2) is 9.47 Å². The van der Waals surface area contributed by atoms with Gasteiger partial charge in [-0.2, -0.15) is 4.98 Å². The summed E-state index contributed by atoms with van der Waals surface area (Å²) in [6.07, 6.45) is -0.557. The van der Waals surface area contributed by atoms with Crippen LogP contribution in [0.5, 0.6) is 0 Å². The molecule has 10 nitrogen and oxygen atoms in total. The summed E-state index contributed by atoms with van der Waals surface area (Å²) < 4.78 is 12.1. The predicted octanol–water partition coefficient (Wildman–Crippen LogP) is 3.40. The second kappa shape index (κ2) is 8.58. The molecular formula is C20H27N7O3S. The lowest BCUT2D eigenvalue weighted by atomic mass is 10.1. The van der Waals surface area contributed by atoms with Gasteiger partial charge in [-0.05, 0) is 41.5 Å². The zero-order chi connectivity index (χ0) is 22.8. The zero-order valence-corrected chi connectivity index (χ0v) is 19.3. The summed E-state index contributed by atoms with van der Waals surface area (Å²) in [5.74, 6) is 7.78. The first-order valence-corrected chi connectivity index (χ1v) is 10.7. The van der Waals surface area contributed by atoms with Crippen molar-refractivity contribution in [3.05, 3.63) is 41.5 Å². The molecule has 0 bridgehead atoms. The van der Waals surface area contributed by atoms with Gasteiger partial charge in [0, 0.05) is 5.56 Å². The Labute approximate surface area is 184 Å². The molecule has 0 atom stereocenters. The Morgan fingerprint density at radius 1 is 1.19 bits per heavy atom. The van der Waals surface area contributed by atoms with Crippen LogP contribution in [0.15, 0.2) is 33.9 Å². The number of nitrogens with two attached hydrogens (primary N) is 1. The Balaban J connectivity index is 1.64. The van der Waals surface area contributed by atoms with Crippen molar-refractivity contribution >= 4 is 17.9 Å². The predicted molar refractivity (Wildman–Crippen MR) is 117 cm³/mol. The fourth-order valence-corrected chi connectivity index (χ4v) is 3.28. The molecule has 0 radical (unpaired) electrons. The fourth-order valence-electron chi connectivity index (χ4n) is 2.58. The second-order valence-electron chi connectivity index (χ2n) is 8.59. The van der Waals surface area contributed by atoms with E-state index in [1.165, 1.54) is 16.4 Å². The third-order valence-corrected chi connectivity index (χ3v) is 5.07. The molecule has 3 aromatic rings. The van der Waals surface area contributed by atoms with Gasteiger partial charge in [0.05, 0.1) is 5.75 Å². The SMILES string of the molecule is Cc1ccc(-c2nnc(SCc3nc(C(C)(C)NC(=O)OC(C)(C)C)no3)n2N)cc1. The number of alkyl carbamates (subject to hydrolysis) is 1. The summed E-state index contributed by atoms with van der Waals surface area (Å²) in [7, 11) is 0. The fraction of sp³-hybridized carbons (Fsp3) is 0.450. The van der Waals surface area contributed by atoms with Crippen LogP contribution in [0.4, 0.5) is 4.79 Å². The largest absolute Gasteiger partial charge is 0.444 e. The monoisotopic (exact) mass is 445 g/mol. The van der Waals surface area contributed by atoms with Gasteiger partial charge in [0.25, 0.3) is 0 Å². The van der Waals surface area contributed by atoms with Gasteiger partial charge in [0.1, 0.15) is 11.1 Å². The first-order valence-electron chi connectivity index (χ1n) is 9.69. The third kappa shape index (κ3) is 5.75. The molecule has 0 aliphatic carbocycles. The number of carbonyl (C=O) groups excluding carboxylic acids is 1. The molecular weight excluding hydrogens is 418 g/mol. The van der Waals surface area contributed by atoms with E-state index in [0.29, 0.717) is 28.4 Å². The van der Waals surface area contributed by atoms with Crippen molar-refractivity contribution in [1.82, 2.24) is 30.3 Å². The highest BCUT2D eigenvalue weighted by molar-refractivity contribution is 7.98. The van der Waals surface area contributed by atoms with E-state index in [4.69, 9.17) is 15.1 Å². The van der Waals surface area contributed by atoms with Crippen LogP contribution in [0.3, 0.4) is 0 Å². The molecule has 11 heteroatoms. The minimum atomic E-state index is -0.874. The lowest BCUT2D eigenvalue weighted by Crippen LogP contribution is -2.44. The maximum atomic E-state index is 12.1. The van der Waals surface area contributed by atoms with Crippen molar-refractivity contribution in [3.63, 3.8) is 0 Å². The Hall–Kier alpha value is -3.08. The topological polar surface area (TPSA) is 134 Å². The molecule has 3 rings (SSSR count). The summed E-state index contributed by atoms with van der Waals surface area (Å²) in [6, 6.07) is 7.87. The lowest BCUT2D eigenvalue weighted by molar-refractivity contribution is 0.0465. The summed E-state index contributed by atoms with van der Waals surface area (Å²) in [5, 5.41) is 15.6. The van der Waals surface area contributed by atoms with Gasteiger partial charge in [-0.15, -0.1) is 10.2 Å². The van der Waals surface area contributed by atoms with Gasteiger partial charge in [0.2, 0.25) is 11.0 Å². The minimum Gasteiger partial charge on any atom is -0.444 e. The number of hydrogen-bond donors (Lipinski definition) is 2. The van der Waals surface area contributed by atoms with E-state index < -0.39 is 17.2 Å². The van der Waals surface area contributed by atoms with Crippen molar-refractivity contribution < 1.29 is 14.1 Å². The minimum absolute atomic E-state index is 0.337. The van der Waals surface area contributed by atoms with Gasteiger partial charge in [0.15, 0.2) is 11.6 Å². The van der Waals surface area contributed by atoms with E-state index >= 15 is 0 Å². The van der Waals surface area contributed by atoms with E-state index in [0.717, 1.165) is 11.1 Å². The van der Waals surface area contributed by atoms with E-state index in [-0.39, 0.29) is 0 Å². The highest BCUT2D eigenvalue weighted by Crippen LogP contribution is 2.25. The molecule has 31 heavy (non-hydrogen) atoms. The van der Waals surface area contributed by atoms with Crippen molar-refractivity contribution in [3.8, 4) is 11.4 Å². The number of aryl methyl sites for hydroxylation is 1. The molecule has 0 aliphatic heterocycles. The van der Waals surface area contributed by atoms with Crippen LogP contribution in [0.25, 0.3) is 11.4 Å². The number of nitrogen functional groups attached to an aromatic ring is 1. The van der Waals surface area contributed by atoms with Gasteiger partial charge in [-0.1, -0.05) is 46.7 Å². The molecule has 0 saturated carbocycles. The molecule has 1 aromatic carbocycles. The number of ether oxygens (including phenoxy) is 1. The number of rotatable bonds is 6. The van der Waals surface area contributed by atoms with E-state index in [9.17, 15) is 4.79 Å². The summed E-state index contributed by atoms with van der Waals surface area (Å²) in [4.78, 5) is 16.5. The number of benzene rings is 1. The van der Waals surface area contributed by atoms with Crippen LogP contribution < -0.4 is 11.2 Å². The maximum Gasteiger partial charge on any atom is 0.408 e. The van der Waals surface area contributed by atoms with Crippen LogP contribution in [-0.4, -0.2) is 36.7 Å². The van der Waals surface area contributed by atoms with Gasteiger partial charge < -0.3 is 20.4 Å². The Bertz CT molecular complexity index is 1050. The van der Waals surface area contributed by atoms with E-state index in [2.05, 4.69) is 25.7 Å². The molecule has 0 unspecified atom stereocenters. The number of nitrogens with zero attached hydrogens (tertiary/aromatic N) is 5. The average Bonchev–Trinajstić information content (AvgIpc) is 3.26. The first-order chi connectivity index (χ1) is 14.4. The first kappa shape index (κ1) is 22.6. The van der Waals surface area contributed by atoms with E-state index in [1.54, 1.807) is 34.6 Å². The molecule has 2 aromatic heterocycles. The normalized spacial score (nSPS) is 12.1. The molecule has 0 saturated heterocycles. The molecule has 0 spiro atoms. The Kier molecular flexibility index (Phi) is 6.25. The molecule has 0 fully saturated rings. The van der Waals surface area contributed by atoms with Crippen LogP contribution >= 0.6 is 11.8 Å². The summed E-state index contributed by atoms with van der Waals surface area (Å²) >= 11 is 1.32. The molecule has 3 N–H and O–H groups in total. The van der Waals surface area contributed by atoms with Crippen molar-refractivity contribution in [2.45, 2.75) is 63.6 Å². The van der Waals surface area contributed by atoms with Crippen molar-refractivity contribution in [2.24, 2.45) is 0 Å². The van der Waals surface area contributed by atoms with Crippen LogP contribution in [-0.2, 0) is 16.0 Å².